The van der Waals surface area contributed by atoms with Crippen molar-refractivity contribution in [2.75, 3.05) is 19.6 Å². The molecule has 1 aliphatic heterocycles. The molecule has 1 N–H and O–H groups in total. The van der Waals surface area contributed by atoms with Crippen LogP contribution in [0.4, 0.5) is 0 Å². The summed E-state index contributed by atoms with van der Waals surface area (Å²) < 4.78 is 0. The van der Waals surface area contributed by atoms with Crippen LogP contribution < -0.4 is 5.32 Å². The second-order valence-electron chi connectivity index (χ2n) is 6.54. The summed E-state index contributed by atoms with van der Waals surface area (Å²) in [7, 11) is 0. The zero-order chi connectivity index (χ0) is 12.3. The van der Waals surface area contributed by atoms with Gasteiger partial charge in [0.05, 0.1) is 0 Å². The Morgan fingerprint density at radius 2 is 1.94 bits per heavy atom. The van der Waals surface area contributed by atoms with Crippen molar-refractivity contribution in [3.05, 3.63) is 0 Å². The van der Waals surface area contributed by atoms with Crippen LogP contribution in [-0.4, -0.2) is 36.1 Å². The molecule has 0 spiro atoms. The highest BCUT2D eigenvalue weighted by molar-refractivity contribution is 4.93. The van der Waals surface area contributed by atoms with Crippen LogP contribution in [0.15, 0.2) is 0 Å². The molecular weight excluding hydrogens is 196 g/mol. The molecule has 0 aliphatic carbocycles. The van der Waals surface area contributed by atoms with E-state index in [1.807, 2.05) is 0 Å². The maximum Gasteiger partial charge on any atom is 0.0252 e. The van der Waals surface area contributed by atoms with Gasteiger partial charge in [-0.1, -0.05) is 34.1 Å². The zero-order valence-electron chi connectivity index (χ0n) is 12.0. The molecule has 0 saturated carbocycles. The summed E-state index contributed by atoms with van der Waals surface area (Å²) in [6, 6.07) is 0.723. The Bertz CT molecular complexity index is 211. The van der Waals surface area contributed by atoms with Crippen molar-refractivity contribution in [3.8, 4) is 0 Å². The third kappa shape index (κ3) is 3.74. The topological polar surface area (TPSA) is 15.3 Å². The Labute approximate surface area is 102 Å². The first-order valence-electron chi connectivity index (χ1n) is 6.84. The lowest BCUT2D eigenvalue weighted by Gasteiger charge is -2.47. The zero-order valence-corrected chi connectivity index (χ0v) is 12.0. The number of hydrogen-bond acceptors (Lipinski definition) is 2. The molecule has 2 nitrogen and oxygen atoms in total. The van der Waals surface area contributed by atoms with E-state index in [-0.39, 0.29) is 5.54 Å². The first-order valence-corrected chi connectivity index (χ1v) is 6.84. The number of nitrogens with zero attached hydrogens (tertiary/aromatic N) is 1. The van der Waals surface area contributed by atoms with Crippen LogP contribution >= 0.6 is 0 Å². The Morgan fingerprint density at radius 1 is 1.31 bits per heavy atom. The van der Waals surface area contributed by atoms with E-state index in [9.17, 15) is 0 Å². The van der Waals surface area contributed by atoms with Gasteiger partial charge in [0.15, 0.2) is 0 Å². The summed E-state index contributed by atoms with van der Waals surface area (Å²) in [6.45, 7) is 17.5. The van der Waals surface area contributed by atoms with Gasteiger partial charge >= 0.3 is 0 Å². The molecule has 0 aromatic rings. The van der Waals surface area contributed by atoms with E-state index in [4.69, 9.17) is 0 Å². The summed E-state index contributed by atoms with van der Waals surface area (Å²) in [5.41, 5.74) is 0.277. The normalized spacial score (nSPS) is 28.3. The Kier molecular flexibility index (Phi) is 4.81. The SMILES string of the molecule is CCC(C)C1CNC(C)(C)CN1CC(C)C. The van der Waals surface area contributed by atoms with E-state index in [1.54, 1.807) is 0 Å². The molecule has 96 valence electrons. The minimum atomic E-state index is 0.277. The first-order chi connectivity index (χ1) is 7.35. The third-order valence-electron chi connectivity index (χ3n) is 3.76. The van der Waals surface area contributed by atoms with Gasteiger partial charge in [0.1, 0.15) is 0 Å². The van der Waals surface area contributed by atoms with Gasteiger partial charge in [0.2, 0.25) is 0 Å². The highest BCUT2D eigenvalue weighted by atomic mass is 15.3. The van der Waals surface area contributed by atoms with Gasteiger partial charge < -0.3 is 5.32 Å². The van der Waals surface area contributed by atoms with Crippen molar-refractivity contribution in [2.45, 2.75) is 59.5 Å². The van der Waals surface area contributed by atoms with E-state index in [2.05, 4.69) is 51.8 Å². The van der Waals surface area contributed by atoms with E-state index >= 15 is 0 Å². The predicted octanol–water partition coefficient (Wildman–Crippen LogP) is 2.74. The molecule has 2 atom stereocenters. The summed E-state index contributed by atoms with van der Waals surface area (Å²) in [5, 5.41) is 3.69. The molecule has 0 aromatic carbocycles. The molecule has 0 amide bonds. The van der Waals surface area contributed by atoms with Gasteiger partial charge in [0, 0.05) is 31.2 Å². The second-order valence-corrected chi connectivity index (χ2v) is 6.54. The highest BCUT2D eigenvalue weighted by Crippen LogP contribution is 2.23. The van der Waals surface area contributed by atoms with Crippen molar-refractivity contribution < 1.29 is 0 Å². The number of nitrogens with one attached hydrogen (secondary N) is 1. The lowest BCUT2D eigenvalue weighted by molar-refractivity contribution is 0.0541. The van der Waals surface area contributed by atoms with Gasteiger partial charge in [-0.25, -0.2) is 0 Å². The molecule has 1 fully saturated rings. The van der Waals surface area contributed by atoms with Crippen LogP contribution in [-0.2, 0) is 0 Å². The molecule has 1 rings (SSSR count). The smallest absolute Gasteiger partial charge is 0.0252 e. The maximum absolute atomic E-state index is 3.69. The lowest BCUT2D eigenvalue weighted by Crippen LogP contribution is -2.63. The summed E-state index contributed by atoms with van der Waals surface area (Å²) in [6.07, 6.45) is 1.28. The standard InChI is InChI=1S/C14H30N2/c1-7-12(4)13-8-15-14(5,6)10-16(13)9-11(2)3/h11-13,15H,7-10H2,1-6H3. The quantitative estimate of drug-likeness (QED) is 0.793. The van der Waals surface area contributed by atoms with E-state index in [0.29, 0.717) is 0 Å². The summed E-state index contributed by atoms with van der Waals surface area (Å²) in [4.78, 5) is 2.70. The molecule has 1 saturated heterocycles. The largest absolute Gasteiger partial charge is 0.309 e. The van der Waals surface area contributed by atoms with Gasteiger partial charge in [-0.05, 0) is 25.7 Å². The summed E-state index contributed by atoms with van der Waals surface area (Å²) in [5.74, 6) is 1.56. The van der Waals surface area contributed by atoms with Gasteiger partial charge in [0.25, 0.3) is 0 Å². The maximum atomic E-state index is 3.69. The molecule has 16 heavy (non-hydrogen) atoms. The highest BCUT2D eigenvalue weighted by Gasteiger charge is 2.34. The van der Waals surface area contributed by atoms with Crippen LogP contribution in [0.3, 0.4) is 0 Å². The molecule has 2 unspecified atom stereocenters. The van der Waals surface area contributed by atoms with Crippen molar-refractivity contribution in [3.63, 3.8) is 0 Å². The van der Waals surface area contributed by atoms with Crippen LogP contribution in [0.25, 0.3) is 0 Å². The molecule has 0 radical (unpaired) electrons. The lowest BCUT2D eigenvalue weighted by atomic mass is 9.90. The Morgan fingerprint density at radius 3 is 2.44 bits per heavy atom. The van der Waals surface area contributed by atoms with Gasteiger partial charge in [-0.2, -0.15) is 0 Å². The average Bonchev–Trinajstić information content (AvgIpc) is 2.14. The average molecular weight is 226 g/mol. The molecule has 0 bridgehead atoms. The predicted molar refractivity (Wildman–Crippen MR) is 71.7 cm³/mol. The molecule has 1 aliphatic rings. The number of rotatable bonds is 4. The van der Waals surface area contributed by atoms with Crippen LogP contribution in [0.1, 0.15) is 48.0 Å². The van der Waals surface area contributed by atoms with Crippen molar-refractivity contribution in [1.82, 2.24) is 10.2 Å². The fourth-order valence-corrected chi connectivity index (χ4v) is 2.69. The van der Waals surface area contributed by atoms with Crippen molar-refractivity contribution >= 4 is 0 Å². The molecular formula is C14H30N2. The first kappa shape index (κ1) is 14.0. The third-order valence-corrected chi connectivity index (χ3v) is 3.76. The van der Waals surface area contributed by atoms with Gasteiger partial charge in [-0.3, -0.25) is 4.90 Å². The fraction of sp³-hybridized carbons (Fsp3) is 1.00. The molecule has 0 aromatic heterocycles. The summed E-state index contributed by atoms with van der Waals surface area (Å²) >= 11 is 0. The fourth-order valence-electron chi connectivity index (χ4n) is 2.69. The Balaban J connectivity index is 2.67. The van der Waals surface area contributed by atoms with Crippen molar-refractivity contribution in [2.24, 2.45) is 11.8 Å². The molecule has 1 heterocycles. The monoisotopic (exact) mass is 226 g/mol. The van der Waals surface area contributed by atoms with Crippen LogP contribution in [0, 0.1) is 11.8 Å². The number of piperazine rings is 1. The molecule has 2 heteroatoms. The van der Waals surface area contributed by atoms with Gasteiger partial charge in [-0.15, -0.1) is 0 Å². The minimum absolute atomic E-state index is 0.277. The van der Waals surface area contributed by atoms with E-state index in [0.717, 1.165) is 24.4 Å². The minimum Gasteiger partial charge on any atom is -0.309 e. The van der Waals surface area contributed by atoms with E-state index < -0.39 is 0 Å². The second kappa shape index (κ2) is 5.50. The van der Waals surface area contributed by atoms with Crippen LogP contribution in [0.2, 0.25) is 0 Å². The van der Waals surface area contributed by atoms with E-state index in [1.165, 1.54) is 19.5 Å². The van der Waals surface area contributed by atoms with Crippen LogP contribution in [0.5, 0.6) is 0 Å². The number of hydrogen-bond donors (Lipinski definition) is 1. The van der Waals surface area contributed by atoms with Crippen molar-refractivity contribution in [1.29, 1.82) is 0 Å². The Hall–Kier alpha value is -0.0800.